The summed E-state index contributed by atoms with van der Waals surface area (Å²) >= 11 is 6.99. The molecule has 0 unspecified atom stereocenters. The zero-order chi connectivity index (χ0) is 17.1. The second-order valence-corrected chi connectivity index (χ2v) is 6.40. The lowest BCUT2D eigenvalue weighted by Crippen LogP contribution is -2.36. The Balaban J connectivity index is 2.44. The molecule has 1 aromatic heterocycles. The van der Waals surface area contributed by atoms with E-state index in [1.54, 1.807) is 18.2 Å². The van der Waals surface area contributed by atoms with Gasteiger partial charge in [0.15, 0.2) is 5.16 Å². The van der Waals surface area contributed by atoms with E-state index in [0.717, 1.165) is 11.8 Å². The first-order valence-corrected chi connectivity index (χ1v) is 8.10. The van der Waals surface area contributed by atoms with Crippen LogP contribution in [-0.2, 0) is 4.79 Å². The van der Waals surface area contributed by atoms with Crippen LogP contribution < -0.4 is 16.6 Å². The summed E-state index contributed by atoms with van der Waals surface area (Å²) in [7, 11) is 0. The number of rotatable bonds is 4. The molecule has 122 valence electrons. The molecule has 1 heterocycles. The lowest BCUT2D eigenvalue weighted by atomic mass is 10.2. The van der Waals surface area contributed by atoms with E-state index in [1.807, 2.05) is 19.2 Å². The molecule has 1 aromatic carbocycles. The number of nitrogens with zero attached hydrogens (tertiary/aromatic N) is 2. The van der Waals surface area contributed by atoms with E-state index in [1.165, 1.54) is 4.57 Å². The van der Waals surface area contributed by atoms with E-state index in [9.17, 15) is 14.4 Å². The van der Waals surface area contributed by atoms with Gasteiger partial charge in [-0.25, -0.2) is 9.78 Å². The Labute approximate surface area is 141 Å². The highest BCUT2D eigenvalue weighted by Crippen LogP contribution is 2.22. The SMILES string of the molecule is CC(C)n1c(SCC(=O)NC(N)=O)nc2cc(Cl)ccc2c1=O. The van der Waals surface area contributed by atoms with Crippen LogP contribution in [-0.4, -0.2) is 27.2 Å². The Morgan fingerprint density at radius 1 is 1.43 bits per heavy atom. The van der Waals surface area contributed by atoms with Crippen LogP contribution in [0.4, 0.5) is 4.79 Å². The summed E-state index contributed by atoms with van der Waals surface area (Å²) in [5.74, 6) is -0.646. The van der Waals surface area contributed by atoms with Gasteiger partial charge in [0.25, 0.3) is 5.56 Å². The van der Waals surface area contributed by atoms with Crippen molar-refractivity contribution in [3.8, 4) is 0 Å². The first-order chi connectivity index (χ1) is 10.8. The Morgan fingerprint density at radius 3 is 2.74 bits per heavy atom. The number of hydrogen-bond acceptors (Lipinski definition) is 5. The van der Waals surface area contributed by atoms with E-state index in [2.05, 4.69) is 4.98 Å². The lowest BCUT2D eigenvalue weighted by molar-refractivity contribution is -0.117. The minimum absolute atomic E-state index is 0.0891. The van der Waals surface area contributed by atoms with Crippen molar-refractivity contribution in [3.05, 3.63) is 33.6 Å². The second-order valence-electron chi connectivity index (χ2n) is 5.03. The normalized spacial score (nSPS) is 11.0. The third-order valence-corrected chi connectivity index (χ3v) is 4.13. The highest BCUT2D eigenvalue weighted by atomic mass is 35.5. The molecule has 0 spiro atoms. The van der Waals surface area contributed by atoms with Crippen LogP contribution in [0.3, 0.4) is 0 Å². The molecule has 7 nitrogen and oxygen atoms in total. The fraction of sp³-hybridized carbons (Fsp3) is 0.286. The average molecular weight is 355 g/mol. The number of urea groups is 1. The molecule has 2 aromatic rings. The van der Waals surface area contributed by atoms with Gasteiger partial charge in [-0.3, -0.25) is 19.5 Å². The molecular formula is C14H15ClN4O3S. The number of carbonyl (C=O) groups excluding carboxylic acids is 2. The molecule has 0 fully saturated rings. The van der Waals surface area contributed by atoms with Crippen molar-refractivity contribution in [1.82, 2.24) is 14.9 Å². The number of halogens is 1. The number of carbonyl (C=O) groups is 2. The summed E-state index contributed by atoms with van der Waals surface area (Å²) in [5, 5.41) is 3.26. The van der Waals surface area contributed by atoms with Crippen molar-refractivity contribution in [2.75, 3.05) is 5.75 Å². The van der Waals surface area contributed by atoms with Crippen molar-refractivity contribution < 1.29 is 9.59 Å². The summed E-state index contributed by atoms with van der Waals surface area (Å²) in [6.45, 7) is 3.69. The fourth-order valence-electron chi connectivity index (χ4n) is 2.01. The molecule has 0 atom stereocenters. The molecule has 9 heteroatoms. The van der Waals surface area contributed by atoms with Crippen LogP contribution in [0, 0.1) is 0 Å². The summed E-state index contributed by atoms with van der Waals surface area (Å²) in [6.07, 6.45) is 0. The lowest BCUT2D eigenvalue weighted by Gasteiger charge is -2.16. The van der Waals surface area contributed by atoms with Gasteiger partial charge < -0.3 is 5.73 Å². The zero-order valence-electron chi connectivity index (χ0n) is 12.5. The van der Waals surface area contributed by atoms with E-state index in [0.29, 0.717) is 21.1 Å². The summed E-state index contributed by atoms with van der Waals surface area (Å²) in [6, 6.07) is 3.79. The molecular weight excluding hydrogens is 340 g/mol. The largest absolute Gasteiger partial charge is 0.351 e. The van der Waals surface area contributed by atoms with Gasteiger partial charge in [0.1, 0.15) is 0 Å². The maximum atomic E-state index is 12.6. The number of nitrogens with one attached hydrogen (secondary N) is 1. The monoisotopic (exact) mass is 354 g/mol. The molecule has 3 amide bonds. The van der Waals surface area contributed by atoms with E-state index < -0.39 is 11.9 Å². The van der Waals surface area contributed by atoms with Gasteiger partial charge in [0.05, 0.1) is 16.7 Å². The number of imide groups is 1. The predicted octanol–water partition coefficient (Wildman–Crippen LogP) is 1.92. The molecule has 0 aliphatic carbocycles. The maximum absolute atomic E-state index is 12.6. The fourth-order valence-corrected chi connectivity index (χ4v) is 3.11. The number of thioether (sulfide) groups is 1. The van der Waals surface area contributed by atoms with Crippen molar-refractivity contribution >= 4 is 46.2 Å². The van der Waals surface area contributed by atoms with Crippen LogP contribution in [0.1, 0.15) is 19.9 Å². The van der Waals surface area contributed by atoms with Crippen LogP contribution in [0.25, 0.3) is 10.9 Å². The van der Waals surface area contributed by atoms with Gasteiger partial charge in [-0.2, -0.15) is 0 Å². The highest BCUT2D eigenvalue weighted by Gasteiger charge is 2.16. The summed E-state index contributed by atoms with van der Waals surface area (Å²) in [4.78, 5) is 39.2. The first kappa shape index (κ1) is 17.3. The molecule has 3 N–H and O–H groups in total. The van der Waals surface area contributed by atoms with Gasteiger partial charge in [-0.1, -0.05) is 23.4 Å². The zero-order valence-corrected chi connectivity index (χ0v) is 14.1. The third kappa shape index (κ3) is 4.02. The molecule has 0 radical (unpaired) electrons. The predicted molar refractivity (Wildman–Crippen MR) is 89.8 cm³/mol. The highest BCUT2D eigenvalue weighted by molar-refractivity contribution is 7.99. The number of fused-ring (bicyclic) bond motifs is 1. The van der Waals surface area contributed by atoms with E-state index >= 15 is 0 Å². The third-order valence-electron chi connectivity index (χ3n) is 2.94. The molecule has 0 aliphatic rings. The van der Waals surface area contributed by atoms with Crippen molar-refractivity contribution in [2.45, 2.75) is 25.0 Å². The standard InChI is InChI=1S/C14H15ClN4O3S/c1-7(2)19-12(21)9-4-3-8(15)5-10(9)17-14(19)23-6-11(20)18-13(16)22/h3-5,7H,6H2,1-2H3,(H3,16,18,20,22). The Kier molecular flexibility index (Phi) is 5.27. The second kappa shape index (κ2) is 7.01. The minimum atomic E-state index is -0.921. The van der Waals surface area contributed by atoms with Crippen LogP contribution in [0.2, 0.25) is 5.02 Å². The number of hydrogen-bond donors (Lipinski definition) is 2. The molecule has 0 bridgehead atoms. The van der Waals surface area contributed by atoms with E-state index in [-0.39, 0.29) is 17.4 Å². The van der Waals surface area contributed by atoms with Crippen molar-refractivity contribution in [1.29, 1.82) is 0 Å². The minimum Gasteiger partial charge on any atom is -0.351 e. The van der Waals surface area contributed by atoms with Gasteiger partial charge in [-0.15, -0.1) is 0 Å². The van der Waals surface area contributed by atoms with Gasteiger partial charge >= 0.3 is 6.03 Å². The number of nitrogens with two attached hydrogens (primary N) is 1. The first-order valence-electron chi connectivity index (χ1n) is 6.73. The quantitative estimate of drug-likeness (QED) is 0.644. The molecule has 0 saturated carbocycles. The maximum Gasteiger partial charge on any atom is 0.318 e. The van der Waals surface area contributed by atoms with Gasteiger partial charge in [0, 0.05) is 11.1 Å². The number of primary amides is 1. The molecule has 0 saturated heterocycles. The molecule has 0 aliphatic heterocycles. The summed E-state index contributed by atoms with van der Waals surface area (Å²) in [5.41, 5.74) is 5.14. The smallest absolute Gasteiger partial charge is 0.318 e. The number of amides is 3. The molecule has 23 heavy (non-hydrogen) atoms. The van der Waals surface area contributed by atoms with Gasteiger partial charge in [-0.05, 0) is 32.0 Å². The van der Waals surface area contributed by atoms with E-state index in [4.69, 9.17) is 17.3 Å². The number of aromatic nitrogens is 2. The van der Waals surface area contributed by atoms with Crippen LogP contribution in [0.15, 0.2) is 28.2 Å². The van der Waals surface area contributed by atoms with Crippen LogP contribution >= 0.6 is 23.4 Å². The average Bonchev–Trinajstić information content (AvgIpc) is 2.43. The Hall–Kier alpha value is -2.06. The van der Waals surface area contributed by atoms with Crippen molar-refractivity contribution in [2.24, 2.45) is 5.73 Å². The number of benzene rings is 1. The molecule has 2 rings (SSSR count). The Bertz CT molecular complexity index is 835. The van der Waals surface area contributed by atoms with Crippen molar-refractivity contribution in [3.63, 3.8) is 0 Å². The Morgan fingerprint density at radius 2 is 2.13 bits per heavy atom. The summed E-state index contributed by atoms with van der Waals surface area (Å²) < 4.78 is 1.50. The van der Waals surface area contributed by atoms with Gasteiger partial charge in [0.2, 0.25) is 5.91 Å². The topological polar surface area (TPSA) is 107 Å². The van der Waals surface area contributed by atoms with Crippen LogP contribution in [0.5, 0.6) is 0 Å².